The Labute approximate surface area is 78.6 Å². The van der Waals surface area contributed by atoms with Gasteiger partial charge in [-0.1, -0.05) is 0 Å². The zero-order chi connectivity index (χ0) is 10.1. The van der Waals surface area contributed by atoms with Crippen molar-refractivity contribution in [2.24, 2.45) is 0 Å². The Balaban J connectivity index is 2.60. The van der Waals surface area contributed by atoms with Crippen LogP contribution >= 0.6 is 0 Å². The molecule has 0 unspecified atom stereocenters. The lowest BCUT2D eigenvalue weighted by atomic mass is 10.3. The highest BCUT2D eigenvalue weighted by Gasteiger charge is 2.01. The van der Waals surface area contributed by atoms with Crippen molar-refractivity contribution >= 4 is 5.69 Å². The Bertz CT molecular complexity index is 497. The average Bonchev–Trinajstić information content (AvgIpc) is 2.49. The molecule has 1 aromatic heterocycles. The molecule has 0 aliphatic heterocycles. The number of H-pyrrole nitrogens is 1. The second kappa shape index (κ2) is 2.91. The Morgan fingerprint density at radius 2 is 2.00 bits per heavy atom. The van der Waals surface area contributed by atoms with E-state index in [9.17, 15) is 9.90 Å². The minimum absolute atomic E-state index is 0.447. The molecule has 0 fully saturated rings. The smallest absolute Gasteiger partial charge is 0.347 e. The van der Waals surface area contributed by atoms with E-state index in [-0.39, 0.29) is 0 Å². The molecule has 2 aromatic rings. The van der Waals surface area contributed by atoms with Gasteiger partial charge in [-0.25, -0.2) is 9.89 Å². The molecule has 0 radical (unpaired) electrons. The summed E-state index contributed by atoms with van der Waals surface area (Å²) in [5, 5.41) is 16.4. The van der Waals surface area contributed by atoms with Crippen LogP contribution in [0, 0.1) is 0 Å². The van der Waals surface area contributed by atoms with Crippen molar-refractivity contribution in [3.05, 3.63) is 34.7 Å². The maximum absolute atomic E-state index is 11.1. The molecule has 1 aromatic carbocycles. The van der Waals surface area contributed by atoms with Gasteiger partial charge in [0.05, 0.1) is 11.7 Å². The Morgan fingerprint density at radius 3 is 2.50 bits per heavy atom. The summed E-state index contributed by atoms with van der Waals surface area (Å²) in [7, 11) is 0. The monoisotopic (exact) mass is 191 g/mol. The number of anilines is 1. The normalized spacial score (nSPS) is 10.3. The van der Waals surface area contributed by atoms with Crippen LogP contribution in [0.3, 0.4) is 0 Å². The number of hydrogen-bond acceptors (Lipinski definition) is 4. The van der Waals surface area contributed by atoms with Crippen LogP contribution in [0.4, 0.5) is 5.69 Å². The van der Waals surface area contributed by atoms with Gasteiger partial charge >= 0.3 is 5.69 Å². The number of benzene rings is 1. The molecule has 0 aliphatic carbocycles. The Morgan fingerprint density at radius 1 is 1.36 bits per heavy atom. The van der Waals surface area contributed by atoms with Gasteiger partial charge in [-0.15, -0.1) is 0 Å². The number of hydrogen-bond donors (Lipinski definition) is 2. The predicted molar refractivity (Wildman–Crippen MR) is 48.0 cm³/mol. The highest BCUT2D eigenvalue weighted by Crippen LogP contribution is 2.11. The first kappa shape index (κ1) is 8.36. The molecule has 6 heteroatoms. The Kier molecular flexibility index (Phi) is 1.74. The fraction of sp³-hybridized carbons (Fsp3) is 0. The minimum Gasteiger partial charge on any atom is -0.844 e. The second-order valence-corrected chi connectivity index (χ2v) is 2.74. The summed E-state index contributed by atoms with van der Waals surface area (Å²) in [6, 6.07) is 5.74. The summed E-state index contributed by atoms with van der Waals surface area (Å²) in [5.41, 5.74) is 5.93. The summed E-state index contributed by atoms with van der Waals surface area (Å²) >= 11 is 0. The van der Waals surface area contributed by atoms with Gasteiger partial charge in [-0.3, -0.25) is 4.57 Å². The third-order valence-electron chi connectivity index (χ3n) is 1.79. The molecular weight excluding hydrogens is 184 g/mol. The molecule has 1 heterocycles. The number of nitrogens with one attached hydrogen (secondary N) is 1. The van der Waals surface area contributed by atoms with Crippen LogP contribution in [0.5, 0.6) is 6.01 Å². The van der Waals surface area contributed by atoms with Gasteiger partial charge in [0.15, 0.2) is 0 Å². The molecule has 0 saturated heterocycles. The summed E-state index contributed by atoms with van der Waals surface area (Å²) in [6.45, 7) is 0. The predicted octanol–water partition coefficient (Wildman–Crippen LogP) is -0.784. The van der Waals surface area contributed by atoms with Gasteiger partial charge in [0.1, 0.15) is 0 Å². The van der Waals surface area contributed by atoms with Crippen molar-refractivity contribution in [2.75, 3.05) is 5.73 Å². The number of nitrogen functional groups attached to an aromatic ring is 1. The topological polar surface area (TPSA) is 99.8 Å². The lowest BCUT2D eigenvalue weighted by molar-refractivity contribution is -0.284. The lowest BCUT2D eigenvalue weighted by Gasteiger charge is -2.07. The van der Waals surface area contributed by atoms with Crippen molar-refractivity contribution in [2.45, 2.75) is 0 Å². The van der Waals surface area contributed by atoms with Gasteiger partial charge < -0.3 is 10.8 Å². The molecule has 3 N–H and O–H groups in total. The largest absolute Gasteiger partial charge is 0.844 e. The third kappa shape index (κ3) is 1.22. The summed E-state index contributed by atoms with van der Waals surface area (Å²) in [6.07, 6.45) is 0. The highest BCUT2D eigenvalue weighted by molar-refractivity contribution is 5.45. The van der Waals surface area contributed by atoms with Crippen LogP contribution in [0.1, 0.15) is 0 Å². The van der Waals surface area contributed by atoms with Gasteiger partial charge in [0, 0.05) is 5.69 Å². The fourth-order valence-electron chi connectivity index (χ4n) is 1.13. The van der Waals surface area contributed by atoms with Crippen molar-refractivity contribution in [3.8, 4) is 11.7 Å². The quantitative estimate of drug-likeness (QED) is 0.577. The number of aromatic amines is 1. The van der Waals surface area contributed by atoms with E-state index in [1.54, 1.807) is 24.3 Å². The van der Waals surface area contributed by atoms with Gasteiger partial charge in [0.25, 0.3) is 0 Å². The van der Waals surface area contributed by atoms with Crippen LogP contribution in [-0.4, -0.2) is 14.8 Å². The molecule has 2 rings (SSSR count). The lowest BCUT2D eigenvalue weighted by Crippen LogP contribution is -2.16. The number of aromatic nitrogens is 3. The first-order chi connectivity index (χ1) is 6.68. The molecule has 0 saturated carbocycles. The van der Waals surface area contributed by atoms with Crippen LogP contribution in [0.2, 0.25) is 0 Å². The molecule has 0 amide bonds. The number of nitrogens with two attached hydrogens (primary N) is 1. The average molecular weight is 191 g/mol. The fourth-order valence-corrected chi connectivity index (χ4v) is 1.13. The van der Waals surface area contributed by atoms with Gasteiger partial charge in [0.2, 0.25) is 0 Å². The van der Waals surface area contributed by atoms with E-state index in [0.29, 0.717) is 11.4 Å². The van der Waals surface area contributed by atoms with Gasteiger partial charge in [-0.05, 0) is 24.3 Å². The van der Waals surface area contributed by atoms with E-state index < -0.39 is 11.7 Å². The van der Waals surface area contributed by atoms with Crippen molar-refractivity contribution < 1.29 is 5.11 Å². The van der Waals surface area contributed by atoms with E-state index in [1.165, 1.54) is 0 Å². The van der Waals surface area contributed by atoms with E-state index >= 15 is 0 Å². The first-order valence-corrected chi connectivity index (χ1v) is 3.89. The minimum atomic E-state index is -0.625. The number of rotatable bonds is 1. The summed E-state index contributed by atoms with van der Waals surface area (Å²) in [5.74, 6) is 0. The third-order valence-corrected chi connectivity index (χ3v) is 1.79. The molecule has 72 valence electrons. The summed E-state index contributed by atoms with van der Waals surface area (Å²) < 4.78 is 0.930. The van der Waals surface area contributed by atoms with E-state index in [2.05, 4.69) is 10.2 Å². The molecular formula is C8H7N4O2-. The number of nitrogens with zero attached hydrogens (tertiary/aromatic N) is 2. The van der Waals surface area contributed by atoms with Crippen LogP contribution in [-0.2, 0) is 0 Å². The zero-order valence-electron chi connectivity index (χ0n) is 7.10. The van der Waals surface area contributed by atoms with Crippen LogP contribution in [0.15, 0.2) is 29.1 Å². The maximum atomic E-state index is 11.1. The molecule has 0 bridgehead atoms. The molecule has 14 heavy (non-hydrogen) atoms. The molecule has 0 atom stereocenters. The summed E-state index contributed by atoms with van der Waals surface area (Å²) in [4.78, 5) is 11.1. The second-order valence-electron chi connectivity index (χ2n) is 2.74. The van der Waals surface area contributed by atoms with Crippen LogP contribution < -0.4 is 16.5 Å². The Hall–Kier alpha value is -2.24. The SMILES string of the molecule is Nc1ccc(-n2c([O-])n[nH]c2=O)cc1. The van der Waals surface area contributed by atoms with Crippen LogP contribution in [0.25, 0.3) is 5.69 Å². The van der Waals surface area contributed by atoms with E-state index in [0.717, 1.165) is 4.57 Å². The molecule has 0 aliphatic rings. The molecule has 6 nitrogen and oxygen atoms in total. The van der Waals surface area contributed by atoms with Gasteiger partial charge in [-0.2, -0.15) is 5.10 Å². The van der Waals surface area contributed by atoms with E-state index in [4.69, 9.17) is 5.73 Å². The molecule has 0 spiro atoms. The standard InChI is InChI=1S/C8H8N4O2/c9-5-1-3-6(4-2-5)12-7(13)10-11-8(12)14/h1-4H,9H2,(H,10,13)(H,11,14)/p-1. The first-order valence-electron chi connectivity index (χ1n) is 3.89. The maximum Gasteiger partial charge on any atom is 0.347 e. The van der Waals surface area contributed by atoms with E-state index in [1.807, 2.05) is 0 Å². The zero-order valence-corrected chi connectivity index (χ0v) is 7.10. The van der Waals surface area contributed by atoms with Crippen molar-refractivity contribution in [3.63, 3.8) is 0 Å². The van der Waals surface area contributed by atoms with Crippen molar-refractivity contribution in [1.29, 1.82) is 0 Å². The van der Waals surface area contributed by atoms with Crippen molar-refractivity contribution in [1.82, 2.24) is 14.8 Å². The highest BCUT2D eigenvalue weighted by atomic mass is 16.3.